The molecule has 1 amide bonds. The number of halogens is 1. The molecule has 1 aliphatic carbocycles. The van der Waals surface area contributed by atoms with Crippen molar-refractivity contribution in [2.24, 2.45) is 0 Å². The lowest BCUT2D eigenvalue weighted by atomic mass is 10.0. The lowest BCUT2D eigenvalue weighted by Gasteiger charge is -2.33. The van der Waals surface area contributed by atoms with Crippen LogP contribution in [0.5, 0.6) is 0 Å². The van der Waals surface area contributed by atoms with Gasteiger partial charge in [0.25, 0.3) is 5.91 Å². The topological polar surface area (TPSA) is 108 Å². The van der Waals surface area contributed by atoms with Crippen molar-refractivity contribution in [3.8, 4) is 0 Å². The van der Waals surface area contributed by atoms with E-state index in [0.717, 1.165) is 18.5 Å². The van der Waals surface area contributed by atoms with Crippen LogP contribution in [0.3, 0.4) is 0 Å². The summed E-state index contributed by atoms with van der Waals surface area (Å²) >= 11 is 1.35. The lowest BCUT2D eigenvalue weighted by Crippen LogP contribution is -2.41. The third kappa shape index (κ3) is 3.36. The lowest BCUT2D eigenvalue weighted by molar-refractivity contribution is 0.0441. The van der Waals surface area contributed by atoms with Gasteiger partial charge in [0.15, 0.2) is 0 Å². The molecule has 0 saturated heterocycles. The van der Waals surface area contributed by atoms with E-state index in [0.29, 0.717) is 34.1 Å². The maximum atomic E-state index is 14.4. The van der Waals surface area contributed by atoms with E-state index in [1.165, 1.54) is 17.4 Å². The molecule has 4 aromatic rings. The second-order valence-corrected chi connectivity index (χ2v) is 10.2. The van der Waals surface area contributed by atoms with Gasteiger partial charge >= 0.3 is 0 Å². The fraction of sp³-hybridized carbons (Fsp3) is 0.391. The minimum Gasteiger partial charge on any atom is -0.432 e. The van der Waals surface area contributed by atoms with Gasteiger partial charge in [0.05, 0.1) is 22.4 Å². The van der Waals surface area contributed by atoms with Crippen LogP contribution < -0.4 is 0 Å². The van der Waals surface area contributed by atoms with Crippen molar-refractivity contribution in [2.75, 3.05) is 6.54 Å². The van der Waals surface area contributed by atoms with Crippen molar-refractivity contribution in [1.82, 2.24) is 24.8 Å². The summed E-state index contributed by atoms with van der Waals surface area (Å²) in [6.45, 7) is 3.58. The third-order valence-corrected chi connectivity index (χ3v) is 7.21. The molecule has 0 radical (unpaired) electrons. The summed E-state index contributed by atoms with van der Waals surface area (Å²) in [5.41, 5.74) is 1.21. The summed E-state index contributed by atoms with van der Waals surface area (Å²) in [5, 5.41) is 11.0. The van der Waals surface area contributed by atoms with Gasteiger partial charge in [-0.25, -0.2) is 19.3 Å². The highest BCUT2D eigenvalue weighted by atomic mass is 32.1. The van der Waals surface area contributed by atoms with Crippen molar-refractivity contribution in [2.45, 2.75) is 50.7 Å². The van der Waals surface area contributed by atoms with Gasteiger partial charge in [0.2, 0.25) is 11.7 Å². The molecule has 2 N–H and O–H groups in total. The van der Waals surface area contributed by atoms with E-state index >= 15 is 0 Å². The van der Waals surface area contributed by atoms with Gasteiger partial charge in [-0.2, -0.15) is 0 Å². The van der Waals surface area contributed by atoms with Crippen LogP contribution >= 0.6 is 11.3 Å². The minimum absolute atomic E-state index is 0.129. The molecule has 1 fully saturated rings. The number of H-pyrrole nitrogens is 1. The molecule has 8 nitrogen and oxygen atoms in total. The van der Waals surface area contributed by atoms with Crippen molar-refractivity contribution in [1.29, 1.82) is 0 Å². The molecule has 33 heavy (non-hydrogen) atoms. The molecule has 0 bridgehead atoms. The van der Waals surface area contributed by atoms with Gasteiger partial charge in [-0.05, 0) is 38.8 Å². The highest BCUT2D eigenvalue weighted by Gasteiger charge is 2.42. The predicted molar refractivity (Wildman–Crippen MR) is 118 cm³/mol. The third-order valence-electron chi connectivity index (χ3n) is 6.14. The summed E-state index contributed by atoms with van der Waals surface area (Å²) in [4.78, 5) is 32.2. The molecule has 6 rings (SSSR count). The smallest absolute Gasteiger partial charge is 0.292 e. The highest BCUT2D eigenvalue weighted by Crippen LogP contribution is 2.44. The zero-order valence-electron chi connectivity index (χ0n) is 18.1. The Labute approximate surface area is 192 Å². The van der Waals surface area contributed by atoms with Crippen molar-refractivity contribution in [3.05, 3.63) is 64.1 Å². The molecular formula is C23H22FN5O3S. The van der Waals surface area contributed by atoms with Crippen molar-refractivity contribution in [3.63, 3.8) is 0 Å². The second-order valence-electron chi connectivity index (χ2n) is 9.12. The number of rotatable bonds is 4. The number of amides is 1. The number of carbonyl (C=O) groups is 1. The zero-order valence-corrected chi connectivity index (χ0v) is 18.9. The monoisotopic (exact) mass is 467 g/mol. The summed E-state index contributed by atoms with van der Waals surface area (Å²) in [5.74, 6) is -0.274. The fourth-order valence-corrected chi connectivity index (χ4v) is 5.40. The van der Waals surface area contributed by atoms with Crippen LogP contribution in [0.4, 0.5) is 4.39 Å². The van der Waals surface area contributed by atoms with E-state index in [1.807, 2.05) is 6.07 Å². The molecule has 10 heteroatoms. The number of benzene rings is 1. The average molecular weight is 468 g/mol. The Morgan fingerprint density at radius 3 is 2.85 bits per heavy atom. The summed E-state index contributed by atoms with van der Waals surface area (Å²) in [6.07, 6.45) is 4.07. The van der Waals surface area contributed by atoms with E-state index in [4.69, 9.17) is 4.42 Å². The average Bonchev–Trinajstić information content (AvgIpc) is 3.18. The van der Waals surface area contributed by atoms with Crippen LogP contribution in [-0.4, -0.2) is 42.4 Å². The summed E-state index contributed by atoms with van der Waals surface area (Å²) in [7, 11) is 0. The van der Waals surface area contributed by atoms with Gasteiger partial charge in [-0.3, -0.25) is 4.79 Å². The van der Waals surface area contributed by atoms with Crippen molar-refractivity contribution >= 4 is 27.5 Å². The first kappa shape index (κ1) is 20.5. The Bertz CT molecular complexity index is 1380. The van der Waals surface area contributed by atoms with Crippen LogP contribution in [0.15, 0.2) is 28.9 Å². The highest BCUT2D eigenvalue weighted by molar-refractivity contribution is 7.18. The molecule has 4 heterocycles. The van der Waals surface area contributed by atoms with E-state index in [-0.39, 0.29) is 29.0 Å². The minimum atomic E-state index is -1.30. The van der Waals surface area contributed by atoms with Crippen LogP contribution in [0, 0.1) is 5.82 Å². The van der Waals surface area contributed by atoms with E-state index < -0.39 is 17.5 Å². The molecule has 3 aromatic heterocycles. The number of fused-ring (bicyclic) bond motifs is 2. The van der Waals surface area contributed by atoms with Gasteiger partial charge in [-0.15, -0.1) is 11.3 Å². The summed E-state index contributed by atoms with van der Waals surface area (Å²) in [6, 6.07) is 4.27. The number of thiazole rings is 1. The molecule has 0 spiro atoms. The van der Waals surface area contributed by atoms with E-state index in [2.05, 4.69) is 19.9 Å². The summed E-state index contributed by atoms with van der Waals surface area (Å²) < 4.78 is 21.0. The number of imidazole rings is 1. The zero-order chi connectivity index (χ0) is 22.9. The van der Waals surface area contributed by atoms with Gasteiger partial charge < -0.3 is 19.4 Å². The van der Waals surface area contributed by atoms with Crippen LogP contribution in [0.2, 0.25) is 0 Å². The quantitative estimate of drug-likeness (QED) is 0.469. The maximum Gasteiger partial charge on any atom is 0.292 e. The van der Waals surface area contributed by atoms with Gasteiger partial charge in [0, 0.05) is 24.6 Å². The van der Waals surface area contributed by atoms with Gasteiger partial charge in [-0.1, -0.05) is 6.07 Å². The van der Waals surface area contributed by atoms with E-state index in [9.17, 15) is 14.3 Å². The number of aromatic amines is 1. The molecule has 1 aromatic carbocycles. The molecule has 2 aliphatic rings. The number of aliphatic hydroxyl groups is 1. The Morgan fingerprint density at radius 2 is 2.12 bits per heavy atom. The Morgan fingerprint density at radius 1 is 1.30 bits per heavy atom. The SMILES string of the molecule is CC(C)(O)c1nc(C2CC2)c(C(=O)N2CCc3[nH]cnc3[C@H]2c2nc3c(F)cccc3s2)o1. The predicted octanol–water partition coefficient (Wildman–Crippen LogP) is 4.04. The molecular weight excluding hydrogens is 445 g/mol. The van der Waals surface area contributed by atoms with Crippen LogP contribution in [0.25, 0.3) is 10.2 Å². The molecule has 170 valence electrons. The number of aromatic nitrogens is 4. The first-order valence-corrected chi connectivity index (χ1v) is 11.7. The molecule has 1 aliphatic heterocycles. The first-order valence-electron chi connectivity index (χ1n) is 10.9. The maximum absolute atomic E-state index is 14.4. The molecule has 0 unspecified atom stereocenters. The number of hydrogen-bond donors (Lipinski definition) is 2. The number of hydrogen-bond acceptors (Lipinski definition) is 7. The van der Waals surface area contributed by atoms with Crippen LogP contribution in [-0.2, 0) is 12.0 Å². The van der Waals surface area contributed by atoms with E-state index in [1.54, 1.807) is 31.1 Å². The van der Waals surface area contributed by atoms with Crippen LogP contribution in [0.1, 0.15) is 77.2 Å². The number of oxazole rings is 1. The molecule has 1 saturated carbocycles. The Hall–Kier alpha value is -3.11. The fourth-order valence-electron chi connectivity index (χ4n) is 4.31. The largest absolute Gasteiger partial charge is 0.432 e. The van der Waals surface area contributed by atoms with Crippen molar-refractivity contribution < 1.29 is 18.7 Å². The first-order chi connectivity index (χ1) is 15.8. The molecule has 1 atom stereocenters. The Kier molecular flexibility index (Phi) is 4.47. The normalized spacial score (nSPS) is 18.7. The number of carbonyl (C=O) groups excluding carboxylic acids is 1. The van der Waals surface area contributed by atoms with Gasteiger partial charge in [0.1, 0.15) is 28.0 Å². The standard InChI is InChI=1S/C23H22FN5O3S/c1-23(2,31)22-28-15(11-6-7-11)19(32-22)21(30)29-9-8-13-17(26-10-25-13)18(29)20-27-16-12(24)4-3-5-14(16)33-20/h3-5,10-11,18,31H,6-9H2,1-2H3,(H,25,26)/t18-/m0/s1. The number of nitrogens with one attached hydrogen (secondary N) is 1. The number of nitrogens with zero attached hydrogens (tertiary/aromatic N) is 4. The second kappa shape index (κ2) is 7.19. The Balaban J connectivity index is 1.46. The number of para-hydroxylation sites is 1.